The molecule has 0 saturated heterocycles. The summed E-state index contributed by atoms with van der Waals surface area (Å²) in [5, 5.41) is 12.0. The number of thiophene rings is 1. The number of aliphatic hydroxyl groups is 1. The smallest absolute Gasteiger partial charge is 0.0431 e. The standard InChI is InChI=1S/C11H19NOS/c1-9-7-11(14-10(9)2)8-12-5-3-4-6-13/h7,12-13H,3-6,8H2,1-2H3. The normalized spacial score (nSPS) is 10.8. The Kier molecular flexibility index (Phi) is 5.15. The molecule has 0 saturated carbocycles. The largest absolute Gasteiger partial charge is 0.396 e. The highest BCUT2D eigenvalue weighted by Crippen LogP contribution is 2.20. The minimum atomic E-state index is 0.304. The quantitative estimate of drug-likeness (QED) is 0.710. The van der Waals surface area contributed by atoms with Crippen LogP contribution in [0, 0.1) is 13.8 Å². The molecule has 0 spiro atoms. The van der Waals surface area contributed by atoms with Crippen molar-refractivity contribution >= 4 is 11.3 Å². The van der Waals surface area contributed by atoms with E-state index in [1.807, 2.05) is 11.3 Å². The van der Waals surface area contributed by atoms with Crippen LogP contribution in [-0.4, -0.2) is 18.3 Å². The van der Waals surface area contributed by atoms with Crippen molar-refractivity contribution in [3.63, 3.8) is 0 Å². The van der Waals surface area contributed by atoms with Crippen molar-refractivity contribution in [3.8, 4) is 0 Å². The molecule has 0 aliphatic carbocycles. The number of aryl methyl sites for hydroxylation is 2. The Bertz CT molecular complexity index is 251. The van der Waals surface area contributed by atoms with Crippen LogP contribution in [0.4, 0.5) is 0 Å². The minimum Gasteiger partial charge on any atom is -0.396 e. The number of aliphatic hydroxyl groups excluding tert-OH is 1. The van der Waals surface area contributed by atoms with E-state index in [4.69, 9.17) is 5.11 Å². The minimum absolute atomic E-state index is 0.304. The van der Waals surface area contributed by atoms with Crippen LogP contribution in [0.2, 0.25) is 0 Å². The molecule has 1 aromatic rings. The molecule has 0 aliphatic rings. The van der Waals surface area contributed by atoms with E-state index in [1.54, 1.807) is 0 Å². The second-order valence-corrected chi connectivity index (χ2v) is 4.90. The highest BCUT2D eigenvalue weighted by Gasteiger charge is 2.00. The molecule has 0 amide bonds. The van der Waals surface area contributed by atoms with E-state index in [9.17, 15) is 0 Å². The third kappa shape index (κ3) is 3.78. The van der Waals surface area contributed by atoms with Gasteiger partial charge in [0.1, 0.15) is 0 Å². The Labute approximate surface area is 90.0 Å². The lowest BCUT2D eigenvalue weighted by molar-refractivity contribution is 0.283. The summed E-state index contributed by atoms with van der Waals surface area (Å²) in [6, 6.07) is 2.25. The van der Waals surface area contributed by atoms with Crippen LogP contribution < -0.4 is 5.32 Å². The van der Waals surface area contributed by atoms with Crippen LogP contribution in [0.5, 0.6) is 0 Å². The van der Waals surface area contributed by atoms with Gasteiger partial charge in [0.2, 0.25) is 0 Å². The van der Waals surface area contributed by atoms with E-state index in [2.05, 4.69) is 25.2 Å². The molecule has 0 aliphatic heterocycles. The molecule has 80 valence electrons. The second-order valence-electron chi connectivity index (χ2n) is 3.56. The van der Waals surface area contributed by atoms with Gasteiger partial charge in [0.15, 0.2) is 0 Å². The van der Waals surface area contributed by atoms with Gasteiger partial charge >= 0.3 is 0 Å². The number of hydrogen-bond acceptors (Lipinski definition) is 3. The van der Waals surface area contributed by atoms with E-state index in [-0.39, 0.29) is 0 Å². The van der Waals surface area contributed by atoms with Crippen LogP contribution in [0.15, 0.2) is 6.07 Å². The molecule has 0 aromatic carbocycles. The molecule has 0 bridgehead atoms. The Hall–Kier alpha value is -0.380. The summed E-state index contributed by atoms with van der Waals surface area (Å²) in [6.07, 6.45) is 1.95. The second kappa shape index (κ2) is 6.17. The van der Waals surface area contributed by atoms with Crippen LogP contribution in [0.3, 0.4) is 0 Å². The van der Waals surface area contributed by atoms with Gasteiger partial charge in [-0.05, 0) is 44.9 Å². The third-order valence-corrected chi connectivity index (χ3v) is 3.43. The molecule has 0 radical (unpaired) electrons. The molecule has 1 aromatic heterocycles. The molecule has 0 fully saturated rings. The van der Waals surface area contributed by atoms with Crippen molar-refractivity contribution in [2.24, 2.45) is 0 Å². The molecular weight excluding hydrogens is 194 g/mol. The monoisotopic (exact) mass is 213 g/mol. The first kappa shape index (κ1) is 11.7. The maximum Gasteiger partial charge on any atom is 0.0431 e. The SMILES string of the molecule is Cc1cc(CNCCCCO)sc1C. The summed E-state index contributed by atoms with van der Waals surface area (Å²) in [7, 11) is 0. The van der Waals surface area contributed by atoms with Gasteiger partial charge in [-0.3, -0.25) is 0 Å². The van der Waals surface area contributed by atoms with Crippen LogP contribution in [0.25, 0.3) is 0 Å². The van der Waals surface area contributed by atoms with Gasteiger partial charge in [-0.1, -0.05) is 0 Å². The van der Waals surface area contributed by atoms with Crippen molar-refractivity contribution in [2.75, 3.05) is 13.2 Å². The Morgan fingerprint density at radius 3 is 2.71 bits per heavy atom. The highest BCUT2D eigenvalue weighted by molar-refractivity contribution is 7.12. The lowest BCUT2D eigenvalue weighted by Crippen LogP contribution is -2.14. The maximum atomic E-state index is 8.60. The fourth-order valence-electron chi connectivity index (χ4n) is 1.31. The number of nitrogens with one attached hydrogen (secondary N) is 1. The summed E-state index contributed by atoms with van der Waals surface area (Å²) in [4.78, 5) is 2.82. The van der Waals surface area contributed by atoms with E-state index in [0.29, 0.717) is 6.61 Å². The first-order valence-corrected chi connectivity index (χ1v) is 5.93. The van der Waals surface area contributed by atoms with Crippen LogP contribution in [0.1, 0.15) is 28.2 Å². The summed E-state index contributed by atoms with van der Waals surface area (Å²) >= 11 is 1.87. The maximum absolute atomic E-state index is 8.60. The van der Waals surface area contributed by atoms with Crippen LogP contribution >= 0.6 is 11.3 Å². The fraction of sp³-hybridized carbons (Fsp3) is 0.636. The van der Waals surface area contributed by atoms with E-state index in [1.165, 1.54) is 15.3 Å². The third-order valence-electron chi connectivity index (χ3n) is 2.28. The summed E-state index contributed by atoms with van der Waals surface area (Å²) in [6.45, 7) is 6.58. The predicted molar refractivity (Wildman–Crippen MR) is 61.8 cm³/mol. The zero-order valence-electron chi connectivity index (χ0n) is 8.97. The predicted octanol–water partition coefficient (Wildman–Crippen LogP) is 2.23. The molecule has 1 rings (SSSR count). The Balaban J connectivity index is 2.18. The highest BCUT2D eigenvalue weighted by atomic mass is 32.1. The molecule has 14 heavy (non-hydrogen) atoms. The fourth-order valence-corrected chi connectivity index (χ4v) is 2.33. The zero-order valence-corrected chi connectivity index (χ0v) is 9.78. The molecule has 1 heterocycles. The summed E-state index contributed by atoms with van der Waals surface area (Å²) < 4.78 is 0. The average Bonchev–Trinajstić information content (AvgIpc) is 2.46. The van der Waals surface area contributed by atoms with Gasteiger partial charge < -0.3 is 10.4 Å². The molecule has 2 N–H and O–H groups in total. The van der Waals surface area contributed by atoms with Gasteiger partial charge in [-0.25, -0.2) is 0 Å². The Morgan fingerprint density at radius 2 is 2.14 bits per heavy atom. The number of rotatable bonds is 6. The van der Waals surface area contributed by atoms with Gasteiger partial charge in [0, 0.05) is 22.9 Å². The van der Waals surface area contributed by atoms with Crippen molar-refractivity contribution in [2.45, 2.75) is 33.2 Å². The van der Waals surface area contributed by atoms with E-state index < -0.39 is 0 Å². The van der Waals surface area contributed by atoms with Crippen LogP contribution in [-0.2, 0) is 6.54 Å². The average molecular weight is 213 g/mol. The summed E-state index contributed by atoms with van der Waals surface area (Å²) in [5.41, 5.74) is 1.39. The molecule has 3 heteroatoms. The Morgan fingerprint density at radius 1 is 1.36 bits per heavy atom. The first-order valence-electron chi connectivity index (χ1n) is 5.11. The first-order chi connectivity index (χ1) is 6.74. The van der Waals surface area contributed by atoms with Crippen molar-refractivity contribution in [1.29, 1.82) is 0 Å². The van der Waals surface area contributed by atoms with Gasteiger partial charge in [-0.2, -0.15) is 0 Å². The van der Waals surface area contributed by atoms with Gasteiger partial charge in [-0.15, -0.1) is 11.3 Å². The topological polar surface area (TPSA) is 32.3 Å². The van der Waals surface area contributed by atoms with Crippen molar-refractivity contribution in [1.82, 2.24) is 5.32 Å². The molecule has 0 unspecified atom stereocenters. The van der Waals surface area contributed by atoms with Gasteiger partial charge in [0.05, 0.1) is 0 Å². The molecule has 2 nitrogen and oxygen atoms in total. The molecule has 0 atom stereocenters. The number of unbranched alkanes of at least 4 members (excludes halogenated alkanes) is 1. The van der Waals surface area contributed by atoms with E-state index >= 15 is 0 Å². The van der Waals surface area contributed by atoms with E-state index in [0.717, 1.165) is 25.9 Å². The lowest BCUT2D eigenvalue weighted by Gasteiger charge is -2.01. The lowest BCUT2D eigenvalue weighted by atomic mass is 10.3. The molecular formula is C11H19NOS. The number of hydrogen-bond donors (Lipinski definition) is 2. The zero-order chi connectivity index (χ0) is 10.4. The summed E-state index contributed by atoms with van der Waals surface area (Å²) in [5.74, 6) is 0. The van der Waals surface area contributed by atoms with Crippen molar-refractivity contribution in [3.05, 3.63) is 21.4 Å². The van der Waals surface area contributed by atoms with Gasteiger partial charge in [0.25, 0.3) is 0 Å². The van der Waals surface area contributed by atoms with Crippen molar-refractivity contribution < 1.29 is 5.11 Å².